The van der Waals surface area contributed by atoms with Crippen LogP contribution in [0.1, 0.15) is 20.3 Å². The summed E-state index contributed by atoms with van der Waals surface area (Å²) >= 11 is 0. The zero-order valence-corrected chi connectivity index (χ0v) is 11.9. The summed E-state index contributed by atoms with van der Waals surface area (Å²) in [7, 11) is 0. The molecule has 5 heteroatoms. The van der Waals surface area contributed by atoms with Gasteiger partial charge in [-0.2, -0.15) is 0 Å². The smallest absolute Gasteiger partial charge is 0.328 e. The Morgan fingerprint density at radius 2 is 2.00 bits per heavy atom. The van der Waals surface area contributed by atoms with Crippen LogP contribution in [0.4, 0.5) is 0 Å². The SMILES string of the molecule is CC(C)COCCCn1c(=O)[nH]c2ccccc2c1=O. The van der Waals surface area contributed by atoms with E-state index in [0.29, 0.717) is 43.0 Å². The Morgan fingerprint density at radius 3 is 2.75 bits per heavy atom. The van der Waals surface area contributed by atoms with Gasteiger partial charge in [-0.15, -0.1) is 0 Å². The standard InChI is InChI=1S/C15H20N2O3/c1-11(2)10-20-9-5-8-17-14(18)12-6-3-4-7-13(12)16-15(17)19/h3-4,6-7,11H,5,8-10H2,1-2H3,(H,16,19). The van der Waals surface area contributed by atoms with Gasteiger partial charge >= 0.3 is 5.69 Å². The van der Waals surface area contributed by atoms with Crippen molar-refractivity contribution in [3.05, 3.63) is 45.1 Å². The van der Waals surface area contributed by atoms with Gasteiger partial charge in [0.2, 0.25) is 0 Å². The van der Waals surface area contributed by atoms with E-state index < -0.39 is 0 Å². The van der Waals surface area contributed by atoms with Gasteiger partial charge in [0.25, 0.3) is 5.56 Å². The van der Waals surface area contributed by atoms with Gasteiger partial charge in [0.05, 0.1) is 10.9 Å². The number of ether oxygens (including phenoxy) is 1. The Balaban J connectivity index is 2.10. The molecule has 0 amide bonds. The van der Waals surface area contributed by atoms with Crippen LogP contribution in [-0.4, -0.2) is 22.8 Å². The first-order valence-corrected chi connectivity index (χ1v) is 6.89. The number of hydrogen-bond acceptors (Lipinski definition) is 3. The van der Waals surface area contributed by atoms with Gasteiger partial charge in [-0.25, -0.2) is 4.79 Å². The van der Waals surface area contributed by atoms with Crippen molar-refractivity contribution in [2.24, 2.45) is 5.92 Å². The van der Waals surface area contributed by atoms with E-state index in [0.717, 1.165) is 0 Å². The average molecular weight is 276 g/mol. The number of aromatic amines is 1. The van der Waals surface area contributed by atoms with Crippen LogP contribution < -0.4 is 11.2 Å². The van der Waals surface area contributed by atoms with E-state index in [4.69, 9.17) is 4.74 Å². The summed E-state index contributed by atoms with van der Waals surface area (Å²) < 4.78 is 6.69. The minimum Gasteiger partial charge on any atom is -0.381 e. The molecule has 0 saturated carbocycles. The van der Waals surface area contributed by atoms with E-state index in [2.05, 4.69) is 18.8 Å². The zero-order valence-electron chi connectivity index (χ0n) is 11.9. The van der Waals surface area contributed by atoms with Gasteiger partial charge in [-0.1, -0.05) is 26.0 Å². The number of H-pyrrole nitrogens is 1. The van der Waals surface area contributed by atoms with Crippen molar-refractivity contribution in [3.63, 3.8) is 0 Å². The number of rotatable bonds is 6. The lowest BCUT2D eigenvalue weighted by Crippen LogP contribution is -2.35. The molecule has 1 N–H and O–H groups in total. The van der Waals surface area contributed by atoms with Crippen LogP contribution in [-0.2, 0) is 11.3 Å². The highest BCUT2D eigenvalue weighted by molar-refractivity contribution is 5.76. The van der Waals surface area contributed by atoms with Crippen molar-refractivity contribution >= 4 is 10.9 Å². The minimum atomic E-state index is -0.363. The molecule has 108 valence electrons. The summed E-state index contributed by atoms with van der Waals surface area (Å²) in [5.74, 6) is 0.488. The zero-order chi connectivity index (χ0) is 14.5. The maximum Gasteiger partial charge on any atom is 0.328 e. The fourth-order valence-corrected chi connectivity index (χ4v) is 2.05. The third kappa shape index (κ3) is 3.36. The lowest BCUT2D eigenvalue weighted by atomic mass is 10.2. The quantitative estimate of drug-likeness (QED) is 0.818. The number of para-hydroxylation sites is 1. The fraction of sp³-hybridized carbons (Fsp3) is 0.467. The van der Waals surface area contributed by atoms with Crippen LogP contribution in [0.15, 0.2) is 33.9 Å². The van der Waals surface area contributed by atoms with E-state index in [-0.39, 0.29) is 11.2 Å². The van der Waals surface area contributed by atoms with Gasteiger partial charge < -0.3 is 9.72 Å². The van der Waals surface area contributed by atoms with Gasteiger partial charge in [0, 0.05) is 19.8 Å². The summed E-state index contributed by atoms with van der Waals surface area (Å²) in [5.41, 5.74) is -0.0272. The number of benzene rings is 1. The lowest BCUT2D eigenvalue weighted by Gasteiger charge is -2.08. The molecule has 20 heavy (non-hydrogen) atoms. The molecule has 1 aromatic heterocycles. The van der Waals surface area contributed by atoms with Gasteiger partial charge in [0.15, 0.2) is 0 Å². The highest BCUT2D eigenvalue weighted by Crippen LogP contribution is 2.03. The highest BCUT2D eigenvalue weighted by Gasteiger charge is 2.06. The maximum absolute atomic E-state index is 12.2. The number of hydrogen-bond donors (Lipinski definition) is 1. The molecule has 0 fully saturated rings. The molecule has 2 rings (SSSR count). The van der Waals surface area contributed by atoms with Gasteiger partial charge in [-0.3, -0.25) is 9.36 Å². The van der Waals surface area contributed by atoms with Crippen LogP contribution in [0.3, 0.4) is 0 Å². The molecular formula is C15H20N2O3. The first-order chi connectivity index (χ1) is 9.59. The molecule has 2 aromatic rings. The molecule has 0 saturated heterocycles. The van der Waals surface area contributed by atoms with Crippen LogP contribution in [0.25, 0.3) is 10.9 Å². The van der Waals surface area contributed by atoms with Crippen LogP contribution in [0.2, 0.25) is 0 Å². The Morgan fingerprint density at radius 1 is 1.25 bits per heavy atom. The number of nitrogens with zero attached hydrogens (tertiary/aromatic N) is 1. The normalized spacial score (nSPS) is 11.3. The minimum absolute atomic E-state index is 0.242. The van der Waals surface area contributed by atoms with E-state index in [9.17, 15) is 9.59 Å². The molecule has 0 aliphatic rings. The molecule has 0 atom stereocenters. The molecule has 0 spiro atoms. The summed E-state index contributed by atoms with van der Waals surface area (Å²) in [6.45, 7) is 5.79. The van der Waals surface area contributed by atoms with E-state index in [1.165, 1.54) is 4.57 Å². The molecule has 5 nitrogen and oxygen atoms in total. The fourth-order valence-electron chi connectivity index (χ4n) is 2.05. The largest absolute Gasteiger partial charge is 0.381 e. The Kier molecular flexibility index (Phi) is 4.74. The van der Waals surface area contributed by atoms with Crippen molar-refractivity contribution < 1.29 is 4.74 Å². The van der Waals surface area contributed by atoms with Crippen molar-refractivity contribution in [2.75, 3.05) is 13.2 Å². The molecule has 0 radical (unpaired) electrons. The molecule has 0 aliphatic carbocycles. The number of fused-ring (bicyclic) bond motifs is 1. The van der Waals surface area contributed by atoms with Crippen molar-refractivity contribution in [1.29, 1.82) is 0 Å². The number of nitrogens with one attached hydrogen (secondary N) is 1. The first-order valence-electron chi connectivity index (χ1n) is 6.89. The van der Waals surface area contributed by atoms with Crippen LogP contribution >= 0.6 is 0 Å². The van der Waals surface area contributed by atoms with E-state index in [1.807, 2.05) is 0 Å². The van der Waals surface area contributed by atoms with Crippen molar-refractivity contribution in [3.8, 4) is 0 Å². The molecule has 0 aliphatic heterocycles. The van der Waals surface area contributed by atoms with Gasteiger partial charge in [-0.05, 0) is 24.5 Å². The third-order valence-electron chi connectivity index (χ3n) is 3.01. The third-order valence-corrected chi connectivity index (χ3v) is 3.01. The predicted molar refractivity (Wildman–Crippen MR) is 79.1 cm³/mol. The Hall–Kier alpha value is -1.88. The van der Waals surface area contributed by atoms with E-state index in [1.54, 1.807) is 24.3 Å². The summed E-state index contributed by atoms with van der Waals surface area (Å²) in [6, 6.07) is 7.04. The number of aromatic nitrogens is 2. The molecule has 0 unspecified atom stereocenters. The molecule has 1 heterocycles. The highest BCUT2D eigenvalue weighted by atomic mass is 16.5. The van der Waals surface area contributed by atoms with Crippen molar-refractivity contribution in [1.82, 2.24) is 9.55 Å². The van der Waals surface area contributed by atoms with Crippen molar-refractivity contribution in [2.45, 2.75) is 26.8 Å². The molecule has 0 bridgehead atoms. The lowest BCUT2D eigenvalue weighted by molar-refractivity contribution is 0.105. The maximum atomic E-state index is 12.2. The van der Waals surface area contributed by atoms with E-state index >= 15 is 0 Å². The molecule has 1 aromatic carbocycles. The van der Waals surface area contributed by atoms with Gasteiger partial charge in [0.1, 0.15) is 0 Å². The Labute approximate surface area is 117 Å². The summed E-state index contributed by atoms with van der Waals surface area (Å²) in [5, 5.41) is 0.537. The first kappa shape index (κ1) is 14.5. The summed E-state index contributed by atoms with van der Waals surface area (Å²) in [4.78, 5) is 26.8. The predicted octanol–water partition coefficient (Wildman–Crippen LogP) is 1.75. The second kappa shape index (κ2) is 6.52. The monoisotopic (exact) mass is 276 g/mol. The second-order valence-electron chi connectivity index (χ2n) is 5.25. The average Bonchev–Trinajstić information content (AvgIpc) is 2.41. The van der Waals surface area contributed by atoms with Crippen LogP contribution in [0.5, 0.6) is 0 Å². The van der Waals surface area contributed by atoms with Crippen LogP contribution in [0, 0.1) is 5.92 Å². The topological polar surface area (TPSA) is 64.1 Å². The summed E-state index contributed by atoms with van der Waals surface area (Å²) in [6.07, 6.45) is 0.647. The Bertz CT molecular complexity index is 685. The molecular weight excluding hydrogens is 256 g/mol. The second-order valence-corrected chi connectivity index (χ2v) is 5.25.